The molecule has 0 aromatic heterocycles. The van der Waals surface area contributed by atoms with E-state index in [2.05, 4.69) is 22.6 Å². The van der Waals surface area contributed by atoms with Crippen molar-refractivity contribution in [2.75, 3.05) is 6.61 Å². The van der Waals surface area contributed by atoms with Crippen LogP contribution in [-0.4, -0.2) is 6.61 Å². The SMILES string of the molecule is IC1=COCCC1. The molecule has 0 radical (unpaired) electrons. The van der Waals surface area contributed by atoms with E-state index in [1.807, 2.05) is 6.26 Å². The van der Waals surface area contributed by atoms with Crippen molar-refractivity contribution in [1.82, 2.24) is 0 Å². The zero-order chi connectivity index (χ0) is 5.11. The summed E-state index contributed by atoms with van der Waals surface area (Å²) in [6, 6.07) is 0. The van der Waals surface area contributed by atoms with Gasteiger partial charge in [-0.3, -0.25) is 0 Å². The Labute approximate surface area is 56.9 Å². The van der Waals surface area contributed by atoms with Gasteiger partial charge in [0.15, 0.2) is 0 Å². The minimum Gasteiger partial charge on any atom is -0.500 e. The Morgan fingerprint density at radius 3 is 2.86 bits per heavy atom. The highest BCUT2D eigenvalue weighted by Crippen LogP contribution is 2.17. The fourth-order valence-electron chi connectivity index (χ4n) is 0.533. The van der Waals surface area contributed by atoms with Gasteiger partial charge in [0.2, 0.25) is 0 Å². The van der Waals surface area contributed by atoms with E-state index in [9.17, 15) is 0 Å². The average molecular weight is 210 g/mol. The van der Waals surface area contributed by atoms with E-state index >= 15 is 0 Å². The van der Waals surface area contributed by atoms with Gasteiger partial charge in [-0.15, -0.1) is 0 Å². The van der Waals surface area contributed by atoms with E-state index in [4.69, 9.17) is 4.74 Å². The predicted octanol–water partition coefficient (Wildman–Crippen LogP) is 2.07. The molecule has 1 rings (SSSR count). The summed E-state index contributed by atoms with van der Waals surface area (Å²) in [7, 11) is 0. The first-order chi connectivity index (χ1) is 3.39. The number of rotatable bonds is 0. The maximum absolute atomic E-state index is 5.01. The van der Waals surface area contributed by atoms with Crippen molar-refractivity contribution < 1.29 is 4.74 Å². The second-order valence-electron chi connectivity index (χ2n) is 1.54. The minimum absolute atomic E-state index is 0.909. The van der Waals surface area contributed by atoms with Crippen molar-refractivity contribution in [2.24, 2.45) is 0 Å². The Bertz CT molecular complexity index is 88.1. The first kappa shape index (κ1) is 5.41. The Morgan fingerprint density at radius 1 is 1.71 bits per heavy atom. The topological polar surface area (TPSA) is 9.23 Å². The predicted molar refractivity (Wildman–Crippen MR) is 37.3 cm³/mol. The second kappa shape index (κ2) is 2.55. The van der Waals surface area contributed by atoms with Crippen molar-refractivity contribution >= 4 is 22.6 Å². The zero-order valence-corrected chi connectivity index (χ0v) is 6.14. The fraction of sp³-hybridized carbons (Fsp3) is 0.600. The summed E-state index contributed by atoms with van der Waals surface area (Å²) in [6.07, 6.45) is 4.24. The van der Waals surface area contributed by atoms with E-state index in [1.165, 1.54) is 16.4 Å². The third-order valence-electron chi connectivity index (χ3n) is 0.889. The highest BCUT2D eigenvalue weighted by molar-refractivity contribution is 14.1. The lowest BCUT2D eigenvalue weighted by atomic mass is 10.3. The number of halogens is 1. The molecule has 0 aliphatic carbocycles. The van der Waals surface area contributed by atoms with E-state index in [0.29, 0.717) is 0 Å². The molecule has 0 amide bonds. The summed E-state index contributed by atoms with van der Waals surface area (Å²) < 4.78 is 6.35. The van der Waals surface area contributed by atoms with E-state index in [0.717, 1.165) is 6.61 Å². The van der Waals surface area contributed by atoms with Gasteiger partial charge in [-0.2, -0.15) is 0 Å². The molecule has 0 unspecified atom stereocenters. The van der Waals surface area contributed by atoms with Gasteiger partial charge in [-0.05, 0) is 35.4 Å². The molecule has 1 nitrogen and oxygen atoms in total. The molecule has 0 spiro atoms. The van der Waals surface area contributed by atoms with Crippen molar-refractivity contribution in [3.05, 3.63) is 9.84 Å². The molecule has 0 N–H and O–H groups in total. The molecule has 7 heavy (non-hydrogen) atoms. The van der Waals surface area contributed by atoms with Crippen LogP contribution >= 0.6 is 22.6 Å². The lowest BCUT2D eigenvalue weighted by molar-refractivity contribution is 0.230. The number of hydrogen-bond donors (Lipinski definition) is 0. The van der Waals surface area contributed by atoms with E-state index in [-0.39, 0.29) is 0 Å². The molecule has 0 aromatic carbocycles. The van der Waals surface area contributed by atoms with Gasteiger partial charge in [0, 0.05) is 3.58 Å². The summed E-state index contributed by atoms with van der Waals surface area (Å²) in [5, 5.41) is 0. The summed E-state index contributed by atoms with van der Waals surface area (Å²) in [5.41, 5.74) is 0. The van der Waals surface area contributed by atoms with Gasteiger partial charge in [0.1, 0.15) is 0 Å². The van der Waals surface area contributed by atoms with Crippen LogP contribution in [0.3, 0.4) is 0 Å². The van der Waals surface area contributed by atoms with Crippen LogP contribution in [0.25, 0.3) is 0 Å². The molecule has 1 aliphatic heterocycles. The quantitative estimate of drug-likeness (QED) is 0.556. The van der Waals surface area contributed by atoms with Crippen LogP contribution in [0.2, 0.25) is 0 Å². The summed E-state index contributed by atoms with van der Waals surface area (Å²) in [4.78, 5) is 0. The highest BCUT2D eigenvalue weighted by atomic mass is 127. The monoisotopic (exact) mass is 210 g/mol. The van der Waals surface area contributed by atoms with Crippen molar-refractivity contribution in [3.8, 4) is 0 Å². The Morgan fingerprint density at radius 2 is 2.57 bits per heavy atom. The molecular weight excluding hydrogens is 203 g/mol. The average Bonchev–Trinajstić information content (AvgIpc) is 1.69. The molecular formula is C5H7IO. The van der Waals surface area contributed by atoms with Crippen LogP contribution in [0.5, 0.6) is 0 Å². The third kappa shape index (κ3) is 1.67. The standard InChI is InChI=1S/C5H7IO/c6-5-2-1-3-7-4-5/h4H,1-3H2. The van der Waals surface area contributed by atoms with Crippen LogP contribution in [0.4, 0.5) is 0 Å². The summed E-state index contributed by atoms with van der Waals surface area (Å²) >= 11 is 2.29. The normalized spacial score (nSPS) is 20.4. The molecule has 40 valence electrons. The maximum atomic E-state index is 5.01. The summed E-state index contributed by atoms with van der Waals surface area (Å²) in [6.45, 7) is 0.909. The smallest absolute Gasteiger partial charge is 0.0921 e. The Balaban J connectivity index is 2.40. The molecule has 0 saturated heterocycles. The molecule has 1 aliphatic rings. The van der Waals surface area contributed by atoms with Crippen molar-refractivity contribution in [2.45, 2.75) is 12.8 Å². The number of allylic oxidation sites excluding steroid dienone is 1. The molecule has 2 heteroatoms. The third-order valence-corrected chi connectivity index (χ3v) is 1.68. The van der Waals surface area contributed by atoms with Gasteiger partial charge < -0.3 is 4.74 Å². The second-order valence-corrected chi connectivity index (χ2v) is 2.92. The van der Waals surface area contributed by atoms with Gasteiger partial charge in [-0.25, -0.2) is 0 Å². The first-order valence-electron chi connectivity index (χ1n) is 2.36. The van der Waals surface area contributed by atoms with Crippen LogP contribution in [0, 0.1) is 0 Å². The van der Waals surface area contributed by atoms with Crippen LogP contribution in [0.15, 0.2) is 9.84 Å². The fourth-order valence-corrected chi connectivity index (χ4v) is 1.09. The van der Waals surface area contributed by atoms with Gasteiger partial charge in [-0.1, -0.05) is 0 Å². The molecule has 0 aromatic rings. The molecule has 0 fully saturated rings. The van der Waals surface area contributed by atoms with Crippen LogP contribution in [0.1, 0.15) is 12.8 Å². The van der Waals surface area contributed by atoms with Gasteiger partial charge >= 0.3 is 0 Å². The largest absolute Gasteiger partial charge is 0.500 e. The molecule has 0 bridgehead atoms. The number of ether oxygens (including phenoxy) is 1. The van der Waals surface area contributed by atoms with Crippen LogP contribution in [-0.2, 0) is 4.74 Å². The first-order valence-corrected chi connectivity index (χ1v) is 3.43. The molecule has 1 heterocycles. The van der Waals surface area contributed by atoms with Crippen LogP contribution < -0.4 is 0 Å². The van der Waals surface area contributed by atoms with Crippen molar-refractivity contribution in [1.29, 1.82) is 0 Å². The highest BCUT2D eigenvalue weighted by Gasteiger charge is 1.97. The van der Waals surface area contributed by atoms with Gasteiger partial charge in [0.05, 0.1) is 12.9 Å². The molecule has 0 saturated carbocycles. The maximum Gasteiger partial charge on any atom is 0.0921 e. The Kier molecular flexibility index (Phi) is 1.97. The minimum atomic E-state index is 0.909. The van der Waals surface area contributed by atoms with Gasteiger partial charge in [0.25, 0.3) is 0 Å². The van der Waals surface area contributed by atoms with E-state index in [1.54, 1.807) is 0 Å². The lowest BCUT2D eigenvalue weighted by Gasteiger charge is -2.06. The summed E-state index contributed by atoms with van der Waals surface area (Å²) in [5.74, 6) is 0. The lowest BCUT2D eigenvalue weighted by Crippen LogP contribution is -1.93. The Hall–Kier alpha value is 0.270. The number of hydrogen-bond acceptors (Lipinski definition) is 1. The zero-order valence-electron chi connectivity index (χ0n) is 3.98. The van der Waals surface area contributed by atoms with Crippen molar-refractivity contribution in [3.63, 3.8) is 0 Å². The van der Waals surface area contributed by atoms with E-state index < -0.39 is 0 Å². The molecule has 0 atom stereocenters.